The van der Waals surface area contributed by atoms with Gasteiger partial charge < -0.3 is 5.11 Å². The van der Waals surface area contributed by atoms with Gasteiger partial charge in [-0.3, -0.25) is 9.97 Å². The molecule has 0 aromatic carbocycles. The lowest BCUT2D eigenvalue weighted by atomic mass is 10.0. The van der Waals surface area contributed by atoms with Gasteiger partial charge in [0.05, 0.1) is 6.10 Å². The standard InChI is InChI=1S/C14H16N2O/c17-14(10-12-5-8-15-9-6-12)4-3-13-2-1-7-16-11-13/h1-2,5-9,11,14,17H,3-4,10H2. The molecule has 3 heteroatoms. The van der Waals surface area contributed by atoms with Crippen LogP contribution in [0, 0.1) is 0 Å². The predicted octanol–water partition coefficient (Wildman–Crippen LogP) is 2.01. The summed E-state index contributed by atoms with van der Waals surface area (Å²) in [6.07, 6.45) is 9.11. The third-order valence-electron chi connectivity index (χ3n) is 2.71. The normalized spacial score (nSPS) is 12.3. The van der Waals surface area contributed by atoms with E-state index in [0.29, 0.717) is 6.42 Å². The fourth-order valence-electron chi connectivity index (χ4n) is 1.77. The van der Waals surface area contributed by atoms with Crippen molar-refractivity contribution >= 4 is 0 Å². The van der Waals surface area contributed by atoms with Crippen LogP contribution in [0.15, 0.2) is 49.1 Å². The van der Waals surface area contributed by atoms with E-state index in [1.54, 1.807) is 18.6 Å². The molecule has 2 aromatic rings. The van der Waals surface area contributed by atoms with Crippen molar-refractivity contribution in [3.63, 3.8) is 0 Å². The third kappa shape index (κ3) is 3.96. The highest BCUT2D eigenvalue weighted by Crippen LogP contribution is 2.08. The van der Waals surface area contributed by atoms with Gasteiger partial charge in [0.2, 0.25) is 0 Å². The molecule has 1 unspecified atom stereocenters. The van der Waals surface area contributed by atoms with Crippen LogP contribution in [0.1, 0.15) is 17.5 Å². The highest BCUT2D eigenvalue weighted by molar-refractivity contribution is 5.12. The fourth-order valence-corrected chi connectivity index (χ4v) is 1.77. The van der Waals surface area contributed by atoms with Crippen LogP contribution in [0.2, 0.25) is 0 Å². The van der Waals surface area contributed by atoms with Crippen molar-refractivity contribution in [2.24, 2.45) is 0 Å². The summed E-state index contributed by atoms with van der Waals surface area (Å²) < 4.78 is 0. The highest BCUT2D eigenvalue weighted by Gasteiger charge is 2.05. The van der Waals surface area contributed by atoms with Crippen LogP contribution in [0.5, 0.6) is 0 Å². The summed E-state index contributed by atoms with van der Waals surface area (Å²) in [6, 6.07) is 7.83. The Morgan fingerprint density at radius 3 is 2.53 bits per heavy atom. The van der Waals surface area contributed by atoms with Gasteiger partial charge in [0.15, 0.2) is 0 Å². The predicted molar refractivity (Wildman–Crippen MR) is 66.5 cm³/mol. The van der Waals surface area contributed by atoms with Gasteiger partial charge in [-0.2, -0.15) is 0 Å². The molecule has 0 fully saturated rings. The summed E-state index contributed by atoms with van der Waals surface area (Å²) in [5.74, 6) is 0. The fraction of sp³-hybridized carbons (Fsp3) is 0.286. The third-order valence-corrected chi connectivity index (χ3v) is 2.71. The number of rotatable bonds is 5. The molecule has 2 heterocycles. The molecular weight excluding hydrogens is 212 g/mol. The maximum absolute atomic E-state index is 9.92. The highest BCUT2D eigenvalue weighted by atomic mass is 16.3. The lowest BCUT2D eigenvalue weighted by Crippen LogP contribution is -2.11. The van der Waals surface area contributed by atoms with Gasteiger partial charge in [-0.15, -0.1) is 0 Å². The van der Waals surface area contributed by atoms with Crippen molar-refractivity contribution in [1.29, 1.82) is 0 Å². The van der Waals surface area contributed by atoms with E-state index < -0.39 is 0 Å². The molecular formula is C14H16N2O. The molecule has 0 saturated carbocycles. The van der Waals surface area contributed by atoms with Gasteiger partial charge in [-0.1, -0.05) is 6.07 Å². The Balaban J connectivity index is 1.80. The SMILES string of the molecule is OC(CCc1cccnc1)Cc1ccncc1. The molecule has 1 N–H and O–H groups in total. The summed E-state index contributed by atoms with van der Waals surface area (Å²) in [6.45, 7) is 0. The van der Waals surface area contributed by atoms with Crippen molar-refractivity contribution in [3.05, 3.63) is 60.2 Å². The number of pyridine rings is 2. The monoisotopic (exact) mass is 228 g/mol. The quantitative estimate of drug-likeness (QED) is 0.851. The lowest BCUT2D eigenvalue weighted by molar-refractivity contribution is 0.165. The number of hydrogen-bond acceptors (Lipinski definition) is 3. The Bertz CT molecular complexity index is 430. The molecule has 0 radical (unpaired) electrons. The van der Waals surface area contributed by atoms with Gasteiger partial charge in [0, 0.05) is 24.8 Å². The minimum Gasteiger partial charge on any atom is -0.393 e. The van der Waals surface area contributed by atoms with E-state index in [-0.39, 0.29) is 6.10 Å². The van der Waals surface area contributed by atoms with Gasteiger partial charge in [-0.05, 0) is 48.6 Å². The maximum atomic E-state index is 9.92. The molecule has 17 heavy (non-hydrogen) atoms. The zero-order valence-corrected chi connectivity index (χ0v) is 9.66. The molecule has 0 bridgehead atoms. The van der Waals surface area contributed by atoms with Gasteiger partial charge in [0.25, 0.3) is 0 Å². The first kappa shape index (κ1) is 11.7. The molecule has 0 saturated heterocycles. The van der Waals surface area contributed by atoms with E-state index in [1.807, 2.05) is 30.5 Å². The second kappa shape index (κ2) is 6.11. The van der Waals surface area contributed by atoms with Crippen molar-refractivity contribution in [1.82, 2.24) is 9.97 Å². The van der Waals surface area contributed by atoms with E-state index in [2.05, 4.69) is 9.97 Å². The number of nitrogens with zero attached hydrogens (tertiary/aromatic N) is 2. The Labute approximate surface area is 101 Å². The first-order chi connectivity index (χ1) is 8.34. The molecule has 0 aliphatic heterocycles. The van der Waals surface area contributed by atoms with Crippen LogP contribution in [0.25, 0.3) is 0 Å². The molecule has 0 amide bonds. The van der Waals surface area contributed by atoms with E-state index in [1.165, 1.54) is 5.56 Å². The first-order valence-electron chi connectivity index (χ1n) is 5.80. The summed E-state index contributed by atoms with van der Waals surface area (Å²) >= 11 is 0. The molecule has 0 aliphatic carbocycles. The van der Waals surface area contributed by atoms with E-state index >= 15 is 0 Å². The van der Waals surface area contributed by atoms with Crippen LogP contribution in [-0.4, -0.2) is 21.2 Å². The molecule has 88 valence electrons. The largest absolute Gasteiger partial charge is 0.393 e. The number of aryl methyl sites for hydroxylation is 1. The average molecular weight is 228 g/mol. The van der Waals surface area contributed by atoms with Gasteiger partial charge in [0.1, 0.15) is 0 Å². The Morgan fingerprint density at radius 1 is 1.00 bits per heavy atom. The molecule has 0 spiro atoms. The van der Waals surface area contributed by atoms with Gasteiger partial charge in [-0.25, -0.2) is 0 Å². The van der Waals surface area contributed by atoms with Crippen LogP contribution in [-0.2, 0) is 12.8 Å². The Kier molecular flexibility index (Phi) is 4.22. The summed E-state index contributed by atoms with van der Waals surface area (Å²) in [5, 5.41) is 9.92. The minimum absolute atomic E-state index is 0.308. The van der Waals surface area contributed by atoms with Crippen molar-refractivity contribution in [3.8, 4) is 0 Å². The summed E-state index contributed by atoms with van der Waals surface area (Å²) in [4.78, 5) is 8.01. The van der Waals surface area contributed by atoms with Crippen molar-refractivity contribution in [2.45, 2.75) is 25.4 Å². The Hall–Kier alpha value is -1.74. The lowest BCUT2D eigenvalue weighted by Gasteiger charge is -2.10. The summed E-state index contributed by atoms with van der Waals surface area (Å²) in [7, 11) is 0. The van der Waals surface area contributed by atoms with Crippen LogP contribution < -0.4 is 0 Å². The van der Waals surface area contributed by atoms with Crippen LogP contribution >= 0.6 is 0 Å². The average Bonchev–Trinajstić information content (AvgIpc) is 2.39. The zero-order valence-electron chi connectivity index (χ0n) is 9.66. The van der Waals surface area contributed by atoms with E-state index in [0.717, 1.165) is 18.4 Å². The zero-order chi connectivity index (χ0) is 11.9. The second-order valence-electron chi connectivity index (χ2n) is 4.11. The number of aliphatic hydroxyl groups excluding tert-OH is 1. The molecule has 2 rings (SSSR count). The number of hydrogen-bond donors (Lipinski definition) is 1. The van der Waals surface area contributed by atoms with Gasteiger partial charge >= 0.3 is 0 Å². The molecule has 0 aliphatic rings. The molecule has 2 aromatic heterocycles. The molecule has 3 nitrogen and oxygen atoms in total. The van der Waals surface area contributed by atoms with E-state index in [4.69, 9.17) is 0 Å². The van der Waals surface area contributed by atoms with Crippen LogP contribution in [0.4, 0.5) is 0 Å². The Morgan fingerprint density at radius 2 is 1.82 bits per heavy atom. The second-order valence-corrected chi connectivity index (χ2v) is 4.11. The van der Waals surface area contributed by atoms with Crippen LogP contribution in [0.3, 0.4) is 0 Å². The molecule has 1 atom stereocenters. The number of aromatic nitrogens is 2. The maximum Gasteiger partial charge on any atom is 0.0583 e. The topological polar surface area (TPSA) is 46.0 Å². The smallest absolute Gasteiger partial charge is 0.0583 e. The van der Waals surface area contributed by atoms with Crippen molar-refractivity contribution < 1.29 is 5.11 Å². The first-order valence-corrected chi connectivity index (χ1v) is 5.80. The van der Waals surface area contributed by atoms with Crippen molar-refractivity contribution in [2.75, 3.05) is 0 Å². The number of aliphatic hydroxyl groups is 1. The van der Waals surface area contributed by atoms with E-state index in [9.17, 15) is 5.11 Å². The minimum atomic E-state index is -0.308. The summed E-state index contributed by atoms with van der Waals surface area (Å²) in [5.41, 5.74) is 2.29.